The Bertz CT molecular complexity index is 1390. The normalized spacial score (nSPS) is 16.3. The van der Waals surface area contributed by atoms with Crippen LogP contribution in [0.5, 0.6) is 0 Å². The highest BCUT2D eigenvalue weighted by atomic mass is 35.5. The molecule has 4 rings (SSSR count). The molecule has 1 aromatic heterocycles. The predicted octanol–water partition coefficient (Wildman–Crippen LogP) is 2.78. The SMILES string of the molecule is CC(NC(=O)c1ccc(C(=O)N2CCNC(=O)C2CC(=O)N(C)C)c(Cl)c1)c1nc2ccc(Cl)cc2[nH]1. The van der Waals surface area contributed by atoms with E-state index < -0.39 is 29.8 Å². The van der Waals surface area contributed by atoms with Crippen molar-refractivity contribution in [2.24, 2.45) is 0 Å². The van der Waals surface area contributed by atoms with Gasteiger partial charge in [-0.15, -0.1) is 0 Å². The molecule has 194 valence electrons. The van der Waals surface area contributed by atoms with E-state index in [1.807, 2.05) is 0 Å². The van der Waals surface area contributed by atoms with Crippen molar-refractivity contribution in [1.29, 1.82) is 0 Å². The summed E-state index contributed by atoms with van der Waals surface area (Å²) in [7, 11) is 3.17. The first kappa shape index (κ1) is 26.4. The molecule has 1 fully saturated rings. The van der Waals surface area contributed by atoms with E-state index in [4.69, 9.17) is 23.2 Å². The molecule has 37 heavy (non-hydrogen) atoms. The first-order valence-electron chi connectivity index (χ1n) is 11.6. The average molecular weight is 545 g/mol. The molecule has 1 aliphatic heterocycles. The molecule has 0 radical (unpaired) electrons. The van der Waals surface area contributed by atoms with Crippen molar-refractivity contribution in [3.63, 3.8) is 0 Å². The van der Waals surface area contributed by atoms with Gasteiger partial charge in [0.15, 0.2) is 0 Å². The van der Waals surface area contributed by atoms with E-state index >= 15 is 0 Å². The maximum absolute atomic E-state index is 13.3. The fourth-order valence-corrected chi connectivity index (χ4v) is 4.48. The van der Waals surface area contributed by atoms with Crippen molar-refractivity contribution in [2.75, 3.05) is 27.2 Å². The van der Waals surface area contributed by atoms with Crippen LogP contribution in [0.1, 0.15) is 45.9 Å². The van der Waals surface area contributed by atoms with Crippen molar-refractivity contribution >= 4 is 57.9 Å². The number of halogens is 2. The summed E-state index contributed by atoms with van der Waals surface area (Å²) >= 11 is 12.4. The number of aromatic nitrogens is 2. The van der Waals surface area contributed by atoms with Crippen LogP contribution in [0.2, 0.25) is 10.0 Å². The van der Waals surface area contributed by atoms with Crippen LogP contribution in [0.4, 0.5) is 0 Å². The number of amides is 4. The summed E-state index contributed by atoms with van der Waals surface area (Å²) in [5.41, 5.74) is 1.87. The number of fused-ring (bicyclic) bond motifs is 1. The predicted molar refractivity (Wildman–Crippen MR) is 140 cm³/mol. The van der Waals surface area contributed by atoms with E-state index in [1.165, 1.54) is 28.0 Å². The number of imidazole rings is 1. The van der Waals surface area contributed by atoms with E-state index in [9.17, 15) is 19.2 Å². The minimum Gasteiger partial charge on any atom is -0.353 e. The Labute approximate surface area is 223 Å². The Hall–Kier alpha value is -3.63. The maximum atomic E-state index is 13.3. The van der Waals surface area contributed by atoms with Crippen LogP contribution in [0, 0.1) is 0 Å². The number of hydrogen-bond donors (Lipinski definition) is 3. The van der Waals surface area contributed by atoms with Crippen molar-refractivity contribution in [3.8, 4) is 0 Å². The van der Waals surface area contributed by atoms with Gasteiger partial charge in [0.1, 0.15) is 11.9 Å². The van der Waals surface area contributed by atoms with E-state index in [-0.39, 0.29) is 41.6 Å². The smallest absolute Gasteiger partial charge is 0.256 e. The van der Waals surface area contributed by atoms with Gasteiger partial charge in [0.2, 0.25) is 11.8 Å². The van der Waals surface area contributed by atoms with Gasteiger partial charge in [-0.05, 0) is 43.3 Å². The van der Waals surface area contributed by atoms with Gasteiger partial charge in [0, 0.05) is 37.8 Å². The van der Waals surface area contributed by atoms with E-state index in [2.05, 4.69) is 20.6 Å². The molecule has 10 nitrogen and oxygen atoms in total. The lowest BCUT2D eigenvalue weighted by atomic mass is 10.0. The molecule has 3 N–H and O–H groups in total. The number of H-pyrrole nitrogens is 1. The number of nitrogens with one attached hydrogen (secondary N) is 3. The highest BCUT2D eigenvalue weighted by Gasteiger charge is 2.36. The Morgan fingerprint density at radius 3 is 2.65 bits per heavy atom. The number of rotatable bonds is 6. The van der Waals surface area contributed by atoms with Crippen molar-refractivity contribution in [2.45, 2.75) is 25.4 Å². The molecule has 2 heterocycles. The van der Waals surface area contributed by atoms with Crippen LogP contribution in [0.25, 0.3) is 11.0 Å². The summed E-state index contributed by atoms with van der Waals surface area (Å²) in [6.07, 6.45) is -0.144. The van der Waals surface area contributed by atoms with Gasteiger partial charge in [0.25, 0.3) is 11.8 Å². The number of nitrogens with zero attached hydrogens (tertiary/aromatic N) is 3. The number of aromatic amines is 1. The lowest BCUT2D eigenvalue weighted by Gasteiger charge is -2.35. The molecule has 12 heteroatoms. The van der Waals surface area contributed by atoms with Crippen molar-refractivity contribution < 1.29 is 19.2 Å². The molecule has 2 unspecified atom stereocenters. The average Bonchev–Trinajstić information content (AvgIpc) is 3.28. The quantitative estimate of drug-likeness (QED) is 0.439. The lowest BCUT2D eigenvalue weighted by Crippen LogP contribution is -2.58. The number of hydrogen-bond acceptors (Lipinski definition) is 5. The topological polar surface area (TPSA) is 128 Å². The highest BCUT2D eigenvalue weighted by Crippen LogP contribution is 2.24. The molecule has 3 aromatic rings. The molecule has 2 aromatic carbocycles. The first-order valence-corrected chi connectivity index (χ1v) is 12.3. The molecule has 1 saturated heterocycles. The van der Waals surface area contributed by atoms with Gasteiger partial charge in [-0.1, -0.05) is 23.2 Å². The van der Waals surface area contributed by atoms with Crippen LogP contribution < -0.4 is 10.6 Å². The van der Waals surface area contributed by atoms with Gasteiger partial charge in [-0.25, -0.2) is 4.98 Å². The van der Waals surface area contributed by atoms with E-state index in [0.29, 0.717) is 10.8 Å². The fourth-order valence-electron chi connectivity index (χ4n) is 4.05. The summed E-state index contributed by atoms with van der Waals surface area (Å²) in [5, 5.41) is 6.18. The Balaban J connectivity index is 1.49. The Kier molecular flexibility index (Phi) is 7.70. The molecule has 0 saturated carbocycles. The number of piperazine rings is 1. The summed E-state index contributed by atoms with van der Waals surface area (Å²) in [5.74, 6) is -1.01. The van der Waals surface area contributed by atoms with Crippen LogP contribution in [-0.4, -0.2) is 76.6 Å². The second kappa shape index (κ2) is 10.8. The third-order valence-corrected chi connectivity index (χ3v) is 6.69. The molecule has 0 spiro atoms. The summed E-state index contributed by atoms with van der Waals surface area (Å²) in [4.78, 5) is 61.2. The largest absolute Gasteiger partial charge is 0.353 e. The summed E-state index contributed by atoms with van der Waals surface area (Å²) in [6, 6.07) is 8.23. The Morgan fingerprint density at radius 1 is 1.19 bits per heavy atom. The van der Waals surface area contributed by atoms with E-state index in [1.54, 1.807) is 39.2 Å². The number of carbonyl (C=O) groups excluding carboxylic acids is 4. The van der Waals surface area contributed by atoms with Crippen LogP contribution in [0.3, 0.4) is 0 Å². The van der Waals surface area contributed by atoms with Gasteiger partial charge in [-0.2, -0.15) is 0 Å². The zero-order valence-electron chi connectivity index (χ0n) is 20.5. The minimum absolute atomic E-state index is 0.0624. The van der Waals surface area contributed by atoms with E-state index in [0.717, 1.165) is 11.0 Å². The highest BCUT2D eigenvalue weighted by molar-refractivity contribution is 6.34. The second-order valence-electron chi connectivity index (χ2n) is 8.97. The zero-order valence-corrected chi connectivity index (χ0v) is 22.0. The van der Waals surface area contributed by atoms with Crippen molar-refractivity contribution in [3.05, 3.63) is 63.4 Å². The standard InChI is InChI=1S/C25H26Cl2N6O4/c1-13(22-30-18-7-5-15(26)11-19(18)31-22)29-23(35)14-4-6-16(17(27)10-14)25(37)33-9-8-28-24(36)20(33)12-21(34)32(2)3/h4-7,10-11,13,20H,8-9,12H2,1-3H3,(H,28,36)(H,29,35)(H,30,31). The minimum atomic E-state index is -0.949. The maximum Gasteiger partial charge on any atom is 0.256 e. The third-order valence-electron chi connectivity index (χ3n) is 6.14. The second-order valence-corrected chi connectivity index (χ2v) is 9.81. The van der Waals surface area contributed by atoms with Gasteiger partial charge in [-0.3, -0.25) is 19.2 Å². The molecule has 1 aliphatic rings. The van der Waals surface area contributed by atoms with Gasteiger partial charge < -0.3 is 25.4 Å². The summed E-state index contributed by atoms with van der Waals surface area (Å²) < 4.78 is 0. The molecule has 0 bridgehead atoms. The zero-order chi connectivity index (χ0) is 26.9. The molecular formula is C25H26Cl2N6O4. The van der Waals surface area contributed by atoms with Gasteiger partial charge >= 0.3 is 0 Å². The molecule has 0 aliphatic carbocycles. The van der Waals surface area contributed by atoms with Crippen LogP contribution in [-0.2, 0) is 9.59 Å². The fraction of sp³-hybridized carbons (Fsp3) is 0.320. The monoisotopic (exact) mass is 544 g/mol. The molecule has 2 atom stereocenters. The molecule has 4 amide bonds. The lowest BCUT2D eigenvalue weighted by molar-refractivity contribution is -0.136. The molecular weight excluding hydrogens is 519 g/mol. The van der Waals surface area contributed by atoms with Crippen molar-refractivity contribution in [1.82, 2.24) is 30.4 Å². The van der Waals surface area contributed by atoms with Gasteiger partial charge in [0.05, 0.1) is 34.1 Å². The first-order chi connectivity index (χ1) is 17.5. The van der Waals surface area contributed by atoms with Crippen LogP contribution >= 0.6 is 23.2 Å². The third kappa shape index (κ3) is 5.70. The number of carbonyl (C=O) groups is 4. The van der Waals surface area contributed by atoms with Crippen LogP contribution in [0.15, 0.2) is 36.4 Å². The summed E-state index contributed by atoms with van der Waals surface area (Å²) in [6.45, 7) is 2.28. The number of benzene rings is 2. The Morgan fingerprint density at radius 2 is 1.95 bits per heavy atom.